The van der Waals surface area contributed by atoms with Crippen molar-refractivity contribution < 1.29 is 13.2 Å². The third-order valence-electron chi connectivity index (χ3n) is 5.72. The van der Waals surface area contributed by atoms with Crippen LogP contribution in [0.3, 0.4) is 0 Å². The van der Waals surface area contributed by atoms with Crippen molar-refractivity contribution in [3.63, 3.8) is 0 Å². The minimum Gasteiger partial charge on any atom is -0.354 e. The third-order valence-corrected chi connectivity index (χ3v) is 7.90. The highest BCUT2D eigenvalue weighted by Gasteiger charge is 2.29. The van der Waals surface area contributed by atoms with Gasteiger partial charge in [0, 0.05) is 11.6 Å². The molecule has 1 fully saturated rings. The Kier molecular flexibility index (Phi) is 7.42. The quantitative estimate of drug-likeness (QED) is 0.658. The number of nitrogens with zero attached hydrogens (tertiary/aromatic N) is 1. The number of hydrogen-bond acceptors (Lipinski definition) is 3. The number of aryl methyl sites for hydroxylation is 1. The first kappa shape index (κ1) is 22.6. The molecule has 2 aromatic rings. The number of amides is 1. The van der Waals surface area contributed by atoms with Crippen molar-refractivity contribution in [2.75, 3.05) is 17.4 Å². The fourth-order valence-corrected chi connectivity index (χ4v) is 5.49. The minimum atomic E-state index is -3.93. The highest BCUT2D eigenvalue weighted by molar-refractivity contribution is 7.92. The van der Waals surface area contributed by atoms with Crippen LogP contribution in [0, 0.1) is 19.8 Å². The molecule has 2 aromatic carbocycles. The van der Waals surface area contributed by atoms with Crippen molar-refractivity contribution in [3.8, 4) is 0 Å². The smallest absolute Gasteiger partial charge is 0.264 e. The maximum Gasteiger partial charge on any atom is 0.264 e. The Morgan fingerprint density at radius 1 is 1.07 bits per heavy atom. The SMILES string of the molecule is Cc1ccc(S(=O)(=O)N(CC(=O)NCC2CCCCC2)c2cccc(Cl)c2C)cc1. The van der Waals surface area contributed by atoms with Crippen molar-refractivity contribution >= 4 is 33.2 Å². The lowest BCUT2D eigenvalue weighted by Gasteiger charge is -2.27. The molecular weight excluding hydrogens is 420 g/mol. The molecule has 0 atom stereocenters. The first-order chi connectivity index (χ1) is 14.3. The van der Waals surface area contributed by atoms with Crippen LogP contribution in [0.1, 0.15) is 43.2 Å². The molecule has 5 nitrogen and oxygen atoms in total. The molecule has 1 saturated carbocycles. The number of rotatable bonds is 7. The molecule has 7 heteroatoms. The molecule has 1 aliphatic rings. The van der Waals surface area contributed by atoms with Crippen LogP contribution in [0.5, 0.6) is 0 Å². The molecule has 0 unspecified atom stereocenters. The van der Waals surface area contributed by atoms with E-state index < -0.39 is 10.0 Å². The molecule has 0 radical (unpaired) electrons. The molecule has 162 valence electrons. The number of hydrogen-bond donors (Lipinski definition) is 1. The summed E-state index contributed by atoms with van der Waals surface area (Å²) in [5.74, 6) is 0.161. The summed E-state index contributed by atoms with van der Waals surface area (Å²) in [5.41, 5.74) is 2.00. The second-order valence-corrected chi connectivity index (χ2v) is 10.3. The van der Waals surface area contributed by atoms with Gasteiger partial charge in [-0.25, -0.2) is 8.42 Å². The van der Waals surface area contributed by atoms with Gasteiger partial charge in [0.25, 0.3) is 10.0 Å². The standard InChI is InChI=1S/C23H29ClN2O3S/c1-17-11-13-20(14-12-17)30(28,29)26(22-10-6-9-21(24)18(22)2)16-23(27)25-15-19-7-4-3-5-8-19/h6,9-14,19H,3-5,7-8,15-16H2,1-2H3,(H,25,27). The molecule has 30 heavy (non-hydrogen) atoms. The molecule has 0 saturated heterocycles. The lowest BCUT2D eigenvalue weighted by atomic mass is 9.89. The molecule has 1 aliphatic carbocycles. The van der Waals surface area contributed by atoms with Gasteiger partial charge in [0.2, 0.25) is 5.91 Å². The van der Waals surface area contributed by atoms with Gasteiger partial charge in [0.05, 0.1) is 10.6 Å². The van der Waals surface area contributed by atoms with Crippen LogP contribution in [-0.4, -0.2) is 27.4 Å². The van der Waals surface area contributed by atoms with E-state index in [4.69, 9.17) is 11.6 Å². The van der Waals surface area contributed by atoms with E-state index in [2.05, 4.69) is 5.32 Å². The van der Waals surface area contributed by atoms with Crippen LogP contribution in [0.2, 0.25) is 5.02 Å². The Labute approximate surface area is 184 Å². The maximum absolute atomic E-state index is 13.5. The van der Waals surface area contributed by atoms with Crippen molar-refractivity contribution in [2.24, 2.45) is 5.92 Å². The molecule has 3 rings (SSSR count). The fraction of sp³-hybridized carbons (Fsp3) is 0.435. The van der Waals surface area contributed by atoms with Gasteiger partial charge in [-0.15, -0.1) is 0 Å². The average Bonchev–Trinajstić information content (AvgIpc) is 2.74. The summed E-state index contributed by atoms with van der Waals surface area (Å²) in [7, 11) is -3.93. The summed E-state index contributed by atoms with van der Waals surface area (Å²) in [6.45, 7) is 3.96. The van der Waals surface area contributed by atoms with Gasteiger partial charge in [-0.3, -0.25) is 9.10 Å². The van der Waals surface area contributed by atoms with Crippen LogP contribution in [0.25, 0.3) is 0 Å². The summed E-state index contributed by atoms with van der Waals surface area (Å²) < 4.78 is 28.1. The lowest BCUT2D eigenvalue weighted by Crippen LogP contribution is -2.42. The summed E-state index contributed by atoms with van der Waals surface area (Å²) in [4.78, 5) is 12.9. The summed E-state index contributed by atoms with van der Waals surface area (Å²) in [6.07, 6.45) is 5.85. The zero-order valence-corrected chi connectivity index (χ0v) is 19.1. The van der Waals surface area contributed by atoms with E-state index >= 15 is 0 Å². The van der Waals surface area contributed by atoms with E-state index in [0.717, 1.165) is 22.7 Å². The number of halogens is 1. The van der Waals surface area contributed by atoms with E-state index in [9.17, 15) is 13.2 Å². The first-order valence-electron chi connectivity index (χ1n) is 10.4. The van der Waals surface area contributed by atoms with Gasteiger partial charge in [-0.1, -0.05) is 54.6 Å². The second-order valence-electron chi connectivity index (χ2n) is 8.02. The number of nitrogens with one attached hydrogen (secondary N) is 1. The van der Waals surface area contributed by atoms with E-state index in [-0.39, 0.29) is 17.3 Å². The van der Waals surface area contributed by atoms with Crippen LogP contribution in [0.15, 0.2) is 47.4 Å². The molecule has 0 spiro atoms. The normalized spacial score (nSPS) is 15.0. The molecule has 0 heterocycles. The Hall–Kier alpha value is -2.05. The van der Waals surface area contributed by atoms with Gasteiger partial charge in [0.1, 0.15) is 6.54 Å². The maximum atomic E-state index is 13.5. The minimum absolute atomic E-state index is 0.146. The van der Waals surface area contributed by atoms with Crippen molar-refractivity contribution in [1.82, 2.24) is 5.32 Å². The Bertz CT molecular complexity index is 984. The van der Waals surface area contributed by atoms with Crippen molar-refractivity contribution in [1.29, 1.82) is 0 Å². The predicted molar refractivity (Wildman–Crippen MR) is 121 cm³/mol. The van der Waals surface area contributed by atoms with Crippen LogP contribution in [-0.2, 0) is 14.8 Å². The number of benzene rings is 2. The fourth-order valence-electron chi connectivity index (χ4n) is 3.84. The molecule has 0 bridgehead atoms. The Morgan fingerprint density at radius 2 is 1.73 bits per heavy atom. The third kappa shape index (κ3) is 5.35. The van der Waals surface area contributed by atoms with E-state index in [1.807, 2.05) is 6.92 Å². The largest absolute Gasteiger partial charge is 0.354 e. The van der Waals surface area contributed by atoms with Crippen molar-refractivity contribution in [2.45, 2.75) is 50.8 Å². The van der Waals surface area contributed by atoms with Crippen molar-refractivity contribution in [3.05, 3.63) is 58.6 Å². The Morgan fingerprint density at radius 3 is 2.40 bits per heavy atom. The zero-order valence-electron chi connectivity index (χ0n) is 17.5. The summed E-state index contributed by atoms with van der Waals surface area (Å²) in [6, 6.07) is 11.7. The van der Waals surface area contributed by atoms with Gasteiger partial charge < -0.3 is 5.32 Å². The summed E-state index contributed by atoms with van der Waals surface area (Å²) in [5, 5.41) is 3.40. The van der Waals surface area contributed by atoms with Crippen LogP contribution < -0.4 is 9.62 Å². The van der Waals surface area contributed by atoms with Crippen LogP contribution >= 0.6 is 11.6 Å². The second kappa shape index (κ2) is 9.84. The average molecular weight is 449 g/mol. The monoisotopic (exact) mass is 448 g/mol. The molecule has 1 amide bonds. The summed E-state index contributed by atoms with van der Waals surface area (Å²) >= 11 is 6.25. The number of carbonyl (C=O) groups excluding carboxylic acids is 1. The first-order valence-corrected chi connectivity index (χ1v) is 12.2. The number of carbonyl (C=O) groups is 1. The van der Waals surface area contributed by atoms with Crippen LogP contribution in [0.4, 0.5) is 5.69 Å². The molecule has 1 N–H and O–H groups in total. The van der Waals surface area contributed by atoms with E-state index in [0.29, 0.717) is 28.7 Å². The highest BCUT2D eigenvalue weighted by atomic mass is 35.5. The predicted octanol–water partition coefficient (Wildman–Crippen LogP) is 4.85. The van der Waals surface area contributed by atoms with E-state index in [1.165, 1.54) is 19.3 Å². The van der Waals surface area contributed by atoms with Gasteiger partial charge >= 0.3 is 0 Å². The lowest BCUT2D eigenvalue weighted by molar-refractivity contribution is -0.119. The van der Waals surface area contributed by atoms with Gasteiger partial charge in [-0.05, 0) is 62.4 Å². The van der Waals surface area contributed by atoms with E-state index in [1.54, 1.807) is 49.4 Å². The molecule has 0 aromatic heterocycles. The zero-order chi connectivity index (χ0) is 21.7. The molecular formula is C23H29ClN2O3S. The topological polar surface area (TPSA) is 66.5 Å². The Balaban J connectivity index is 1.86. The van der Waals surface area contributed by atoms with Gasteiger partial charge in [0.15, 0.2) is 0 Å². The number of anilines is 1. The molecule has 0 aliphatic heterocycles. The number of sulfonamides is 1. The highest BCUT2D eigenvalue weighted by Crippen LogP contribution is 2.31. The van der Waals surface area contributed by atoms with Gasteiger partial charge in [-0.2, -0.15) is 0 Å².